The molecule has 0 bridgehead atoms. The van der Waals surface area contributed by atoms with Crippen LogP contribution in [-0.2, 0) is 12.7 Å². The van der Waals surface area contributed by atoms with E-state index in [4.69, 9.17) is 0 Å². The molecule has 1 unspecified atom stereocenters. The Labute approximate surface area is 163 Å². The first kappa shape index (κ1) is 20.3. The SMILES string of the molecule is CC(c1ncccn1)N(Cc1ccc(C(F)(F)F)cn1)C(=O)c1ccc(F)nc1. The summed E-state index contributed by atoms with van der Waals surface area (Å²) >= 11 is 0. The lowest BCUT2D eigenvalue weighted by Gasteiger charge is -2.28. The number of hydrogen-bond acceptors (Lipinski definition) is 5. The predicted molar refractivity (Wildman–Crippen MR) is 93.8 cm³/mol. The van der Waals surface area contributed by atoms with Crippen molar-refractivity contribution in [1.29, 1.82) is 0 Å². The van der Waals surface area contributed by atoms with E-state index in [-0.39, 0.29) is 17.8 Å². The van der Waals surface area contributed by atoms with Crippen LogP contribution in [0.1, 0.15) is 40.4 Å². The van der Waals surface area contributed by atoms with Crippen LogP contribution in [-0.4, -0.2) is 30.7 Å². The molecule has 0 fully saturated rings. The molecule has 10 heteroatoms. The van der Waals surface area contributed by atoms with Crippen molar-refractivity contribution >= 4 is 5.91 Å². The number of aromatic nitrogens is 4. The summed E-state index contributed by atoms with van der Waals surface area (Å²) < 4.78 is 51.4. The van der Waals surface area contributed by atoms with Gasteiger partial charge in [0.25, 0.3) is 5.91 Å². The lowest BCUT2D eigenvalue weighted by molar-refractivity contribution is -0.137. The highest BCUT2D eigenvalue weighted by Gasteiger charge is 2.31. The summed E-state index contributed by atoms with van der Waals surface area (Å²) in [4.78, 5) is 29.9. The Hall–Kier alpha value is -3.43. The highest BCUT2D eigenvalue weighted by molar-refractivity contribution is 5.94. The van der Waals surface area contributed by atoms with Gasteiger partial charge in [-0.2, -0.15) is 17.6 Å². The van der Waals surface area contributed by atoms with Crippen LogP contribution in [0, 0.1) is 5.95 Å². The molecule has 3 aromatic rings. The minimum absolute atomic E-state index is 0.103. The zero-order valence-corrected chi connectivity index (χ0v) is 15.1. The van der Waals surface area contributed by atoms with Crippen molar-refractivity contribution < 1.29 is 22.4 Å². The molecular formula is C19H15F4N5O. The molecule has 0 radical (unpaired) electrons. The maximum absolute atomic E-state index is 13.1. The average molecular weight is 405 g/mol. The molecule has 3 rings (SSSR count). The van der Waals surface area contributed by atoms with E-state index in [2.05, 4.69) is 19.9 Å². The molecule has 0 spiro atoms. The molecule has 0 aliphatic heterocycles. The standard InChI is InChI=1S/C19H15F4N5O/c1-12(17-24-7-2-8-25-17)28(18(29)13-3-6-16(20)27-9-13)11-15-5-4-14(10-26-15)19(21,22)23/h2-10,12H,11H2,1H3. The molecule has 150 valence electrons. The van der Waals surface area contributed by atoms with Crippen LogP contribution >= 0.6 is 0 Å². The summed E-state index contributed by atoms with van der Waals surface area (Å²) in [6.07, 6.45) is 0.311. The molecule has 3 aromatic heterocycles. The largest absolute Gasteiger partial charge is 0.417 e. The number of carbonyl (C=O) groups excluding carboxylic acids is 1. The second-order valence-corrected chi connectivity index (χ2v) is 6.12. The maximum Gasteiger partial charge on any atom is 0.417 e. The first-order valence-electron chi connectivity index (χ1n) is 8.47. The summed E-state index contributed by atoms with van der Waals surface area (Å²) in [5.74, 6) is -0.918. The molecule has 6 nitrogen and oxygen atoms in total. The molecule has 0 aromatic carbocycles. The monoisotopic (exact) mass is 405 g/mol. The minimum atomic E-state index is -4.51. The first-order chi connectivity index (χ1) is 13.8. The van der Waals surface area contributed by atoms with E-state index in [1.54, 1.807) is 13.0 Å². The summed E-state index contributed by atoms with van der Waals surface area (Å²) in [7, 11) is 0. The molecule has 1 atom stereocenters. The molecule has 0 saturated heterocycles. The van der Waals surface area contributed by atoms with Crippen molar-refractivity contribution in [3.8, 4) is 0 Å². The third-order valence-electron chi connectivity index (χ3n) is 4.15. The fourth-order valence-corrected chi connectivity index (χ4v) is 2.58. The number of halogens is 4. The van der Waals surface area contributed by atoms with Gasteiger partial charge >= 0.3 is 6.18 Å². The average Bonchev–Trinajstić information content (AvgIpc) is 2.72. The van der Waals surface area contributed by atoms with Gasteiger partial charge in [0.2, 0.25) is 5.95 Å². The number of amides is 1. The van der Waals surface area contributed by atoms with Gasteiger partial charge in [0, 0.05) is 24.8 Å². The number of hydrogen-bond donors (Lipinski definition) is 0. The Morgan fingerprint density at radius 1 is 1.03 bits per heavy atom. The van der Waals surface area contributed by atoms with Crippen molar-refractivity contribution in [2.24, 2.45) is 0 Å². The Bertz CT molecular complexity index is 963. The van der Waals surface area contributed by atoms with Gasteiger partial charge in [0.1, 0.15) is 5.82 Å². The number of nitrogens with zero attached hydrogens (tertiary/aromatic N) is 5. The van der Waals surface area contributed by atoms with Crippen molar-refractivity contribution in [2.45, 2.75) is 25.7 Å². The minimum Gasteiger partial charge on any atom is -0.323 e. The second-order valence-electron chi connectivity index (χ2n) is 6.12. The van der Waals surface area contributed by atoms with Crippen molar-refractivity contribution in [3.63, 3.8) is 0 Å². The Balaban J connectivity index is 1.92. The topological polar surface area (TPSA) is 71.9 Å². The van der Waals surface area contributed by atoms with Gasteiger partial charge < -0.3 is 4.90 Å². The van der Waals surface area contributed by atoms with Crippen molar-refractivity contribution in [2.75, 3.05) is 0 Å². The van der Waals surface area contributed by atoms with E-state index in [0.717, 1.165) is 18.3 Å². The molecule has 0 aliphatic carbocycles. The van der Waals surface area contributed by atoms with Gasteiger partial charge in [0.15, 0.2) is 0 Å². The summed E-state index contributed by atoms with van der Waals surface area (Å²) in [5, 5.41) is 0. The van der Waals surface area contributed by atoms with Gasteiger partial charge in [-0.1, -0.05) is 0 Å². The van der Waals surface area contributed by atoms with Gasteiger partial charge in [0.05, 0.1) is 29.4 Å². The van der Waals surface area contributed by atoms with E-state index in [0.29, 0.717) is 12.0 Å². The van der Waals surface area contributed by atoms with Crippen LogP contribution in [0.5, 0.6) is 0 Å². The number of alkyl halides is 3. The maximum atomic E-state index is 13.1. The van der Waals surface area contributed by atoms with E-state index in [9.17, 15) is 22.4 Å². The van der Waals surface area contributed by atoms with Crippen LogP contribution in [0.25, 0.3) is 0 Å². The quantitative estimate of drug-likeness (QED) is 0.477. The van der Waals surface area contributed by atoms with Crippen molar-refractivity contribution in [3.05, 3.63) is 83.7 Å². The fourth-order valence-electron chi connectivity index (χ4n) is 2.58. The molecule has 1 amide bonds. The second kappa shape index (κ2) is 8.29. The van der Waals surface area contributed by atoms with Crippen LogP contribution in [0.3, 0.4) is 0 Å². The first-order valence-corrected chi connectivity index (χ1v) is 8.47. The Morgan fingerprint density at radius 2 is 1.76 bits per heavy atom. The molecule has 0 saturated carbocycles. The lowest BCUT2D eigenvalue weighted by Crippen LogP contribution is -2.34. The van der Waals surface area contributed by atoms with Crippen LogP contribution in [0.15, 0.2) is 55.1 Å². The molecular weight excluding hydrogens is 390 g/mol. The smallest absolute Gasteiger partial charge is 0.323 e. The summed E-state index contributed by atoms with van der Waals surface area (Å²) in [5.41, 5.74) is -0.536. The van der Waals surface area contributed by atoms with Gasteiger partial charge in [-0.3, -0.25) is 9.78 Å². The summed E-state index contributed by atoms with van der Waals surface area (Å²) in [6, 6.07) is 5.41. The number of rotatable bonds is 5. The molecule has 3 heterocycles. The highest BCUT2D eigenvalue weighted by Crippen LogP contribution is 2.29. The van der Waals surface area contributed by atoms with Gasteiger partial charge in [-0.05, 0) is 37.3 Å². The zero-order chi connectivity index (χ0) is 21.0. The Kier molecular flexibility index (Phi) is 5.81. The van der Waals surface area contributed by atoms with Crippen LogP contribution in [0.4, 0.5) is 17.6 Å². The van der Waals surface area contributed by atoms with E-state index >= 15 is 0 Å². The molecule has 0 N–H and O–H groups in total. The lowest BCUT2D eigenvalue weighted by atomic mass is 10.1. The zero-order valence-electron chi connectivity index (χ0n) is 15.1. The van der Waals surface area contributed by atoms with E-state index in [1.807, 2.05) is 0 Å². The highest BCUT2D eigenvalue weighted by atomic mass is 19.4. The van der Waals surface area contributed by atoms with Gasteiger partial charge in [-0.25, -0.2) is 15.0 Å². The van der Waals surface area contributed by atoms with Crippen LogP contribution < -0.4 is 0 Å². The van der Waals surface area contributed by atoms with Gasteiger partial charge in [-0.15, -0.1) is 0 Å². The normalized spacial score (nSPS) is 12.4. The Morgan fingerprint density at radius 3 is 2.31 bits per heavy atom. The van der Waals surface area contributed by atoms with E-state index in [1.165, 1.54) is 29.4 Å². The number of carbonyl (C=O) groups is 1. The molecule has 0 aliphatic rings. The predicted octanol–water partition coefficient (Wildman–Crippen LogP) is 3.83. The molecule has 29 heavy (non-hydrogen) atoms. The summed E-state index contributed by atoms with van der Waals surface area (Å²) in [6.45, 7) is 1.57. The van der Waals surface area contributed by atoms with E-state index < -0.39 is 29.6 Å². The number of pyridine rings is 2. The van der Waals surface area contributed by atoms with Crippen molar-refractivity contribution in [1.82, 2.24) is 24.8 Å². The van der Waals surface area contributed by atoms with Crippen LogP contribution in [0.2, 0.25) is 0 Å². The fraction of sp³-hybridized carbons (Fsp3) is 0.211. The third-order valence-corrected chi connectivity index (χ3v) is 4.15. The third kappa shape index (κ3) is 4.89.